The van der Waals surface area contributed by atoms with Crippen LogP contribution in [0.25, 0.3) is 0 Å². The lowest BCUT2D eigenvalue weighted by Gasteiger charge is -2.42. The van der Waals surface area contributed by atoms with Gasteiger partial charge in [0, 0.05) is 12.6 Å². The molecule has 2 rings (SSSR count). The van der Waals surface area contributed by atoms with Crippen molar-refractivity contribution in [1.82, 2.24) is 4.90 Å². The zero-order valence-corrected chi connectivity index (χ0v) is 9.97. The van der Waals surface area contributed by atoms with Crippen LogP contribution in [0.5, 0.6) is 0 Å². The van der Waals surface area contributed by atoms with Crippen LogP contribution in [-0.2, 0) is 9.53 Å². The Balaban J connectivity index is 2.12. The molecule has 1 amide bonds. The number of nitrogens with zero attached hydrogens (tertiary/aromatic N) is 2. The number of ether oxygens (including phenoxy) is 1. The first-order valence-corrected chi connectivity index (χ1v) is 6.26. The Morgan fingerprint density at radius 2 is 2.18 bits per heavy atom. The molecular formula is C12H19N3O2. The van der Waals surface area contributed by atoms with Crippen LogP contribution in [0.15, 0.2) is 0 Å². The third-order valence-electron chi connectivity index (χ3n) is 3.82. The van der Waals surface area contributed by atoms with Gasteiger partial charge in [0.25, 0.3) is 0 Å². The molecule has 0 aromatic carbocycles. The molecule has 2 N–H and O–H groups in total. The largest absolute Gasteiger partial charge is 0.378 e. The minimum atomic E-state index is -0.359. The standard InChI is InChI=1S/C12H19N3O2/c13-7-9-3-1-2-4-10(9)15-5-6-17-8-11(15)12(14)16/h9-11H,1-6,8H2,(H2,14,16). The van der Waals surface area contributed by atoms with E-state index in [2.05, 4.69) is 11.0 Å². The van der Waals surface area contributed by atoms with Gasteiger partial charge < -0.3 is 10.5 Å². The summed E-state index contributed by atoms with van der Waals surface area (Å²) in [5.41, 5.74) is 5.41. The molecule has 1 heterocycles. The Labute approximate surface area is 102 Å². The molecule has 3 atom stereocenters. The van der Waals surface area contributed by atoms with Crippen molar-refractivity contribution in [1.29, 1.82) is 5.26 Å². The van der Waals surface area contributed by atoms with Gasteiger partial charge in [-0.25, -0.2) is 0 Å². The number of hydrogen-bond donors (Lipinski definition) is 1. The van der Waals surface area contributed by atoms with Crippen molar-refractivity contribution in [3.05, 3.63) is 0 Å². The number of nitrogens with two attached hydrogens (primary N) is 1. The first-order chi connectivity index (χ1) is 8.24. The molecule has 2 aliphatic rings. The summed E-state index contributed by atoms with van der Waals surface area (Å²) in [6.07, 6.45) is 4.16. The van der Waals surface area contributed by atoms with E-state index < -0.39 is 0 Å². The van der Waals surface area contributed by atoms with E-state index in [0.29, 0.717) is 19.8 Å². The zero-order valence-electron chi connectivity index (χ0n) is 9.97. The fourth-order valence-electron chi connectivity index (χ4n) is 2.92. The van der Waals surface area contributed by atoms with Crippen molar-refractivity contribution < 1.29 is 9.53 Å². The van der Waals surface area contributed by atoms with Crippen LogP contribution in [0.3, 0.4) is 0 Å². The summed E-state index contributed by atoms with van der Waals surface area (Å²) < 4.78 is 5.31. The Hall–Kier alpha value is -1.12. The van der Waals surface area contributed by atoms with Crippen molar-refractivity contribution in [2.75, 3.05) is 19.8 Å². The highest BCUT2D eigenvalue weighted by Crippen LogP contribution is 2.30. The molecule has 17 heavy (non-hydrogen) atoms. The lowest BCUT2D eigenvalue weighted by atomic mass is 9.83. The second-order valence-electron chi connectivity index (χ2n) is 4.82. The summed E-state index contributed by atoms with van der Waals surface area (Å²) in [4.78, 5) is 13.5. The molecule has 0 aromatic rings. The van der Waals surface area contributed by atoms with Crippen molar-refractivity contribution >= 4 is 5.91 Å². The van der Waals surface area contributed by atoms with E-state index in [-0.39, 0.29) is 23.9 Å². The highest BCUT2D eigenvalue weighted by molar-refractivity contribution is 5.80. The minimum Gasteiger partial charge on any atom is -0.378 e. The average molecular weight is 237 g/mol. The van der Waals surface area contributed by atoms with Crippen LogP contribution in [-0.4, -0.2) is 42.6 Å². The SMILES string of the molecule is N#CC1CCCCC1N1CCOCC1C(N)=O. The van der Waals surface area contributed by atoms with Gasteiger partial charge in [0.15, 0.2) is 0 Å². The highest BCUT2D eigenvalue weighted by Gasteiger charge is 2.37. The van der Waals surface area contributed by atoms with Crippen molar-refractivity contribution in [2.24, 2.45) is 11.7 Å². The number of rotatable bonds is 2. The third kappa shape index (κ3) is 2.59. The van der Waals surface area contributed by atoms with E-state index in [9.17, 15) is 10.1 Å². The predicted octanol–water partition coefficient (Wildman–Crippen LogP) is 0.255. The number of primary amides is 1. The van der Waals surface area contributed by atoms with Crippen LogP contribution in [0, 0.1) is 17.2 Å². The maximum atomic E-state index is 11.4. The number of nitriles is 1. The molecule has 0 bridgehead atoms. The molecule has 94 valence electrons. The topological polar surface area (TPSA) is 79.3 Å². The Morgan fingerprint density at radius 3 is 2.88 bits per heavy atom. The first-order valence-electron chi connectivity index (χ1n) is 6.26. The smallest absolute Gasteiger partial charge is 0.237 e. The second kappa shape index (κ2) is 5.48. The zero-order chi connectivity index (χ0) is 12.3. The summed E-state index contributed by atoms with van der Waals surface area (Å²) in [5, 5.41) is 9.19. The Bertz CT molecular complexity index is 326. The predicted molar refractivity (Wildman–Crippen MR) is 61.9 cm³/mol. The van der Waals surface area contributed by atoms with Crippen molar-refractivity contribution in [3.63, 3.8) is 0 Å². The molecule has 3 unspecified atom stereocenters. The van der Waals surface area contributed by atoms with E-state index in [1.54, 1.807) is 0 Å². The Kier molecular flexibility index (Phi) is 3.97. The lowest BCUT2D eigenvalue weighted by molar-refractivity contribution is -0.132. The monoisotopic (exact) mass is 237 g/mol. The van der Waals surface area contributed by atoms with Gasteiger partial charge in [0.2, 0.25) is 5.91 Å². The van der Waals surface area contributed by atoms with Crippen molar-refractivity contribution in [2.45, 2.75) is 37.8 Å². The molecule has 0 radical (unpaired) electrons. The van der Waals surface area contributed by atoms with Gasteiger partial charge in [0.1, 0.15) is 6.04 Å². The molecule has 5 heteroatoms. The first kappa shape index (κ1) is 12.3. The molecule has 1 saturated heterocycles. The van der Waals surface area contributed by atoms with Gasteiger partial charge in [-0.3, -0.25) is 9.69 Å². The van der Waals surface area contributed by atoms with E-state index in [0.717, 1.165) is 25.7 Å². The summed E-state index contributed by atoms with van der Waals surface area (Å²) >= 11 is 0. The summed E-state index contributed by atoms with van der Waals surface area (Å²) in [5.74, 6) is -0.310. The second-order valence-corrected chi connectivity index (χ2v) is 4.82. The lowest BCUT2D eigenvalue weighted by Crippen LogP contribution is -2.58. The number of carbonyl (C=O) groups is 1. The summed E-state index contributed by atoms with van der Waals surface area (Å²) in [7, 11) is 0. The molecule has 5 nitrogen and oxygen atoms in total. The van der Waals surface area contributed by atoms with Crippen LogP contribution in [0.1, 0.15) is 25.7 Å². The van der Waals surface area contributed by atoms with Gasteiger partial charge in [-0.1, -0.05) is 12.8 Å². The summed E-state index contributed by atoms with van der Waals surface area (Å²) in [6.45, 7) is 1.69. The third-order valence-corrected chi connectivity index (χ3v) is 3.82. The molecule has 2 fully saturated rings. The Morgan fingerprint density at radius 1 is 1.41 bits per heavy atom. The average Bonchev–Trinajstić information content (AvgIpc) is 2.38. The number of hydrogen-bond acceptors (Lipinski definition) is 4. The molecular weight excluding hydrogens is 218 g/mol. The minimum absolute atomic E-state index is 0.0312. The maximum Gasteiger partial charge on any atom is 0.237 e. The maximum absolute atomic E-state index is 11.4. The molecule has 1 saturated carbocycles. The molecule has 0 spiro atoms. The van der Waals surface area contributed by atoms with Gasteiger partial charge in [-0.2, -0.15) is 5.26 Å². The molecule has 0 aromatic heterocycles. The van der Waals surface area contributed by atoms with Gasteiger partial charge in [-0.15, -0.1) is 0 Å². The van der Waals surface area contributed by atoms with E-state index >= 15 is 0 Å². The van der Waals surface area contributed by atoms with E-state index in [4.69, 9.17) is 10.5 Å². The highest BCUT2D eigenvalue weighted by atomic mass is 16.5. The van der Waals surface area contributed by atoms with E-state index in [1.165, 1.54) is 0 Å². The fourth-order valence-corrected chi connectivity index (χ4v) is 2.92. The fraction of sp³-hybridized carbons (Fsp3) is 0.833. The van der Waals surface area contributed by atoms with Gasteiger partial charge in [0.05, 0.1) is 25.2 Å². The summed E-state index contributed by atoms with van der Waals surface area (Å²) in [6, 6.07) is 2.19. The van der Waals surface area contributed by atoms with E-state index in [1.807, 2.05) is 0 Å². The molecule has 1 aliphatic carbocycles. The number of morpholine rings is 1. The van der Waals surface area contributed by atoms with Gasteiger partial charge >= 0.3 is 0 Å². The normalized spacial score (nSPS) is 35.1. The van der Waals surface area contributed by atoms with Crippen LogP contribution < -0.4 is 5.73 Å². The van der Waals surface area contributed by atoms with Gasteiger partial charge in [-0.05, 0) is 12.8 Å². The molecule has 1 aliphatic heterocycles. The van der Waals surface area contributed by atoms with Crippen LogP contribution in [0.4, 0.5) is 0 Å². The quantitative estimate of drug-likeness (QED) is 0.747. The van der Waals surface area contributed by atoms with Crippen molar-refractivity contribution in [3.8, 4) is 6.07 Å². The number of carbonyl (C=O) groups excluding carboxylic acids is 1. The number of amides is 1. The van der Waals surface area contributed by atoms with Crippen LogP contribution in [0.2, 0.25) is 0 Å². The van der Waals surface area contributed by atoms with Crippen LogP contribution >= 0.6 is 0 Å².